The summed E-state index contributed by atoms with van der Waals surface area (Å²) in [6.45, 7) is 0.641. The van der Waals surface area contributed by atoms with E-state index >= 15 is 0 Å². The summed E-state index contributed by atoms with van der Waals surface area (Å²) < 4.78 is 18.8. The first kappa shape index (κ1) is 9.45. The van der Waals surface area contributed by atoms with Crippen LogP contribution in [0.5, 0.6) is 0 Å². The molecule has 2 fully saturated rings. The van der Waals surface area contributed by atoms with Gasteiger partial charge in [-0.2, -0.15) is 0 Å². The molecular weight excluding hydrogens is 167 g/mol. The summed E-state index contributed by atoms with van der Waals surface area (Å²) in [5.74, 6) is 0.660. The molecule has 0 amide bonds. The van der Waals surface area contributed by atoms with E-state index in [1.54, 1.807) is 0 Å². The van der Waals surface area contributed by atoms with E-state index in [2.05, 4.69) is 0 Å². The first-order valence-electron chi connectivity index (χ1n) is 5.62. The van der Waals surface area contributed by atoms with Crippen LogP contribution in [0, 0.1) is 5.92 Å². The standard InChI is InChI=1S/C11H19FO/c12-10-6-7-13-11(8-10)9-4-2-1-3-5-9/h9-11H,1-8H2/t10-,11+/m1/s1. The van der Waals surface area contributed by atoms with Crippen LogP contribution in [0.1, 0.15) is 44.9 Å². The quantitative estimate of drug-likeness (QED) is 0.611. The zero-order valence-electron chi connectivity index (χ0n) is 8.18. The first-order chi connectivity index (χ1) is 6.36. The van der Waals surface area contributed by atoms with Crippen molar-refractivity contribution in [2.75, 3.05) is 6.61 Å². The topological polar surface area (TPSA) is 9.23 Å². The lowest BCUT2D eigenvalue weighted by Crippen LogP contribution is -2.33. The molecule has 1 saturated heterocycles. The molecular formula is C11H19FO. The highest BCUT2D eigenvalue weighted by Crippen LogP contribution is 2.32. The summed E-state index contributed by atoms with van der Waals surface area (Å²) >= 11 is 0. The SMILES string of the molecule is F[C@@H]1CCO[C@H](C2CCCCC2)C1. The largest absolute Gasteiger partial charge is 0.378 e. The van der Waals surface area contributed by atoms with Crippen molar-refractivity contribution in [1.82, 2.24) is 0 Å². The molecule has 2 atom stereocenters. The molecule has 2 rings (SSSR count). The maximum absolute atomic E-state index is 13.1. The minimum Gasteiger partial charge on any atom is -0.378 e. The van der Waals surface area contributed by atoms with E-state index in [1.807, 2.05) is 0 Å². The van der Waals surface area contributed by atoms with Crippen molar-refractivity contribution in [2.24, 2.45) is 5.92 Å². The molecule has 2 heteroatoms. The molecule has 1 nitrogen and oxygen atoms in total. The molecule has 0 radical (unpaired) electrons. The van der Waals surface area contributed by atoms with E-state index in [4.69, 9.17) is 4.74 Å². The third kappa shape index (κ3) is 2.43. The average molecular weight is 186 g/mol. The van der Waals surface area contributed by atoms with Crippen molar-refractivity contribution in [3.63, 3.8) is 0 Å². The minimum absolute atomic E-state index is 0.240. The maximum atomic E-state index is 13.1. The highest BCUT2D eigenvalue weighted by molar-refractivity contribution is 4.79. The van der Waals surface area contributed by atoms with Gasteiger partial charge in [0.15, 0.2) is 0 Å². The fourth-order valence-electron chi connectivity index (χ4n) is 2.62. The van der Waals surface area contributed by atoms with Crippen molar-refractivity contribution < 1.29 is 9.13 Å². The Bertz CT molecular complexity index is 154. The molecule has 0 spiro atoms. The third-order valence-corrected chi connectivity index (χ3v) is 3.43. The number of halogens is 1. The highest BCUT2D eigenvalue weighted by Gasteiger charge is 2.29. The van der Waals surface area contributed by atoms with E-state index in [9.17, 15) is 4.39 Å². The van der Waals surface area contributed by atoms with Crippen LogP contribution >= 0.6 is 0 Å². The lowest BCUT2D eigenvalue weighted by molar-refractivity contribution is -0.0564. The normalized spacial score (nSPS) is 37.6. The van der Waals surface area contributed by atoms with Gasteiger partial charge in [0, 0.05) is 19.4 Å². The van der Waals surface area contributed by atoms with E-state index in [-0.39, 0.29) is 6.10 Å². The lowest BCUT2D eigenvalue weighted by Gasteiger charge is -2.34. The smallest absolute Gasteiger partial charge is 0.105 e. The Morgan fingerprint density at radius 2 is 1.77 bits per heavy atom. The van der Waals surface area contributed by atoms with Crippen LogP contribution in [0.2, 0.25) is 0 Å². The van der Waals surface area contributed by atoms with E-state index in [1.165, 1.54) is 32.1 Å². The fourth-order valence-corrected chi connectivity index (χ4v) is 2.62. The van der Waals surface area contributed by atoms with Crippen molar-refractivity contribution in [3.05, 3.63) is 0 Å². The lowest BCUT2D eigenvalue weighted by atomic mass is 9.82. The van der Waals surface area contributed by atoms with Gasteiger partial charge in [0.25, 0.3) is 0 Å². The summed E-state index contributed by atoms with van der Waals surface area (Å²) in [5, 5.41) is 0. The van der Waals surface area contributed by atoms with Crippen molar-refractivity contribution in [2.45, 2.75) is 57.2 Å². The Kier molecular flexibility index (Phi) is 3.20. The second kappa shape index (κ2) is 4.41. The second-order valence-electron chi connectivity index (χ2n) is 4.43. The number of ether oxygens (including phenoxy) is 1. The highest BCUT2D eigenvalue weighted by atomic mass is 19.1. The number of hydrogen-bond acceptors (Lipinski definition) is 1. The summed E-state index contributed by atoms with van der Waals surface area (Å²) in [4.78, 5) is 0. The minimum atomic E-state index is -0.597. The Hall–Kier alpha value is -0.110. The molecule has 2 aliphatic rings. The Labute approximate surface area is 79.7 Å². The van der Waals surface area contributed by atoms with Gasteiger partial charge in [-0.05, 0) is 18.8 Å². The number of rotatable bonds is 1. The molecule has 0 aromatic carbocycles. The molecule has 0 aromatic rings. The van der Waals surface area contributed by atoms with Crippen LogP contribution in [0.4, 0.5) is 4.39 Å². The zero-order valence-corrected chi connectivity index (χ0v) is 8.18. The van der Waals surface area contributed by atoms with Gasteiger partial charge >= 0.3 is 0 Å². The predicted molar refractivity (Wildman–Crippen MR) is 50.4 cm³/mol. The van der Waals surface area contributed by atoms with Crippen molar-refractivity contribution >= 4 is 0 Å². The number of hydrogen-bond donors (Lipinski definition) is 0. The van der Waals surface area contributed by atoms with Gasteiger partial charge in [-0.3, -0.25) is 0 Å². The van der Waals surface area contributed by atoms with Crippen LogP contribution in [0.25, 0.3) is 0 Å². The van der Waals surface area contributed by atoms with Crippen LogP contribution < -0.4 is 0 Å². The van der Waals surface area contributed by atoms with Crippen LogP contribution in [0.15, 0.2) is 0 Å². The van der Waals surface area contributed by atoms with Crippen molar-refractivity contribution in [1.29, 1.82) is 0 Å². The molecule has 0 unspecified atom stereocenters. The third-order valence-electron chi connectivity index (χ3n) is 3.43. The monoisotopic (exact) mass is 186 g/mol. The Morgan fingerprint density at radius 3 is 2.46 bits per heavy atom. The molecule has 0 bridgehead atoms. The molecule has 1 heterocycles. The molecule has 1 aliphatic carbocycles. The molecule has 76 valence electrons. The Morgan fingerprint density at radius 1 is 1.00 bits per heavy atom. The summed E-state index contributed by atoms with van der Waals surface area (Å²) in [5.41, 5.74) is 0. The van der Waals surface area contributed by atoms with Gasteiger partial charge in [0.05, 0.1) is 6.10 Å². The molecule has 13 heavy (non-hydrogen) atoms. The van der Waals surface area contributed by atoms with E-state index in [0.717, 1.165) is 0 Å². The van der Waals surface area contributed by atoms with Gasteiger partial charge in [0.1, 0.15) is 6.17 Å². The van der Waals surface area contributed by atoms with E-state index < -0.39 is 6.17 Å². The van der Waals surface area contributed by atoms with Gasteiger partial charge in [0.2, 0.25) is 0 Å². The first-order valence-corrected chi connectivity index (χ1v) is 5.62. The molecule has 1 saturated carbocycles. The predicted octanol–water partition coefficient (Wildman–Crippen LogP) is 3.08. The van der Waals surface area contributed by atoms with Crippen LogP contribution in [-0.4, -0.2) is 18.9 Å². The zero-order chi connectivity index (χ0) is 9.10. The summed E-state index contributed by atoms with van der Waals surface area (Å²) in [6.07, 6.45) is 7.44. The van der Waals surface area contributed by atoms with Crippen LogP contribution in [0.3, 0.4) is 0 Å². The molecule has 1 aliphatic heterocycles. The van der Waals surface area contributed by atoms with Gasteiger partial charge in [-0.25, -0.2) is 4.39 Å². The van der Waals surface area contributed by atoms with E-state index in [0.29, 0.717) is 25.4 Å². The molecule has 0 aromatic heterocycles. The molecule has 0 N–H and O–H groups in total. The average Bonchev–Trinajstić information content (AvgIpc) is 2.19. The van der Waals surface area contributed by atoms with Gasteiger partial charge in [-0.15, -0.1) is 0 Å². The number of alkyl halides is 1. The Balaban J connectivity index is 1.83. The second-order valence-corrected chi connectivity index (χ2v) is 4.43. The fraction of sp³-hybridized carbons (Fsp3) is 1.00. The van der Waals surface area contributed by atoms with Crippen molar-refractivity contribution in [3.8, 4) is 0 Å². The van der Waals surface area contributed by atoms with Crippen LogP contribution in [-0.2, 0) is 4.74 Å². The summed E-state index contributed by atoms with van der Waals surface area (Å²) in [6, 6.07) is 0. The summed E-state index contributed by atoms with van der Waals surface area (Å²) in [7, 11) is 0. The van der Waals surface area contributed by atoms with Gasteiger partial charge in [-0.1, -0.05) is 19.3 Å². The maximum Gasteiger partial charge on any atom is 0.105 e. The van der Waals surface area contributed by atoms with Gasteiger partial charge < -0.3 is 4.74 Å².